The van der Waals surface area contributed by atoms with Gasteiger partial charge in [-0.2, -0.15) is 0 Å². The first-order chi connectivity index (χ1) is 15.0. The van der Waals surface area contributed by atoms with E-state index in [0.717, 1.165) is 48.9 Å². The number of carbonyl (C=O) groups excluding carboxylic acids is 1. The van der Waals surface area contributed by atoms with Gasteiger partial charge in [0.2, 0.25) is 5.91 Å². The second-order valence-electron chi connectivity index (χ2n) is 8.08. The summed E-state index contributed by atoms with van der Waals surface area (Å²) in [5.41, 5.74) is 2.71. The number of hydrogen-bond donors (Lipinski definition) is 2. The smallest absolute Gasteiger partial charge is 0.335 e. The van der Waals surface area contributed by atoms with Crippen LogP contribution in [0.15, 0.2) is 48.5 Å². The van der Waals surface area contributed by atoms with Gasteiger partial charge < -0.3 is 19.8 Å². The van der Waals surface area contributed by atoms with Gasteiger partial charge in [-0.15, -0.1) is 0 Å². The third kappa shape index (κ3) is 6.15. The monoisotopic (exact) mass is 425 g/mol. The SMILES string of the molecule is CCCCC[C@@H](O)c1ccc(N2C(=O)CCC2COCc2cccc(C(=O)O)c2)cc1. The van der Waals surface area contributed by atoms with Crippen LogP contribution in [0, 0.1) is 0 Å². The second-order valence-corrected chi connectivity index (χ2v) is 8.08. The van der Waals surface area contributed by atoms with Gasteiger partial charge in [0.1, 0.15) is 0 Å². The summed E-state index contributed by atoms with van der Waals surface area (Å²) < 4.78 is 5.83. The molecule has 1 aliphatic heterocycles. The molecular weight excluding hydrogens is 394 g/mol. The van der Waals surface area contributed by atoms with E-state index >= 15 is 0 Å². The molecular formula is C25H31NO5. The predicted molar refractivity (Wildman–Crippen MR) is 119 cm³/mol. The summed E-state index contributed by atoms with van der Waals surface area (Å²) in [4.78, 5) is 25.4. The predicted octanol–water partition coefficient (Wildman–Crippen LogP) is 4.71. The van der Waals surface area contributed by atoms with Gasteiger partial charge in [-0.25, -0.2) is 4.79 Å². The Labute approximate surface area is 183 Å². The molecule has 1 unspecified atom stereocenters. The number of carboxylic acid groups (broad SMARTS) is 1. The number of carboxylic acids is 1. The Morgan fingerprint density at radius 3 is 2.68 bits per heavy atom. The molecule has 6 heteroatoms. The first-order valence-electron chi connectivity index (χ1n) is 11.0. The fourth-order valence-electron chi connectivity index (χ4n) is 3.97. The van der Waals surface area contributed by atoms with E-state index < -0.39 is 12.1 Å². The highest BCUT2D eigenvalue weighted by Gasteiger charge is 2.32. The van der Waals surface area contributed by atoms with E-state index in [-0.39, 0.29) is 17.5 Å². The molecule has 0 radical (unpaired) electrons. The lowest BCUT2D eigenvalue weighted by Crippen LogP contribution is -2.36. The first-order valence-corrected chi connectivity index (χ1v) is 11.0. The number of benzene rings is 2. The van der Waals surface area contributed by atoms with Gasteiger partial charge in [0, 0.05) is 12.1 Å². The molecule has 0 spiro atoms. The lowest BCUT2D eigenvalue weighted by molar-refractivity contribution is -0.117. The highest BCUT2D eigenvalue weighted by Crippen LogP contribution is 2.29. The number of rotatable bonds is 11. The van der Waals surface area contributed by atoms with Gasteiger partial charge in [-0.05, 0) is 48.2 Å². The average Bonchev–Trinajstić information content (AvgIpc) is 3.14. The molecule has 6 nitrogen and oxygen atoms in total. The van der Waals surface area contributed by atoms with Gasteiger partial charge in [-0.1, -0.05) is 50.5 Å². The molecule has 2 atom stereocenters. The molecule has 31 heavy (non-hydrogen) atoms. The zero-order valence-electron chi connectivity index (χ0n) is 18.0. The van der Waals surface area contributed by atoms with Crippen LogP contribution in [0.2, 0.25) is 0 Å². The highest BCUT2D eigenvalue weighted by molar-refractivity contribution is 5.96. The maximum Gasteiger partial charge on any atom is 0.335 e. The zero-order chi connectivity index (χ0) is 22.2. The van der Waals surface area contributed by atoms with E-state index in [0.29, 0.717) is 19.6 Å². The number of hydrogen-bond acceptors (Lipinski definition) is 4. The van der Waals surface area contributed by atoms with E-state index in [1.165, 1.54) is 0 Å². The van der Waals surface area contributed by atoms with Crippen molar-refractivity contribution >= 4 is 17.6 Å². The number of unbranched alkanes of at least 4 members (excludes halogenated alkanes) is 2. The van der Waals surface area contributed by atoms with Gasteiger partial charge in [-0.3, -0.25) is 4.79 Å². The van der Waals surface area contributed by atoms with Crippen LogP contribution in [0.25, 0.3) is 0 Å². The molecule has 1 amide bonds. The van der Waals surface area contributed by atoms with Crippen LogP contribution in [-0.4, -0.2) is 34.7 Å². The quantitative estimate of drug-likeness (QED) is 0.509. The molecule has 3 rings (SSSR count). The summed E-state index contributed by atoms with van der Waals surface area (Å²) in [7, 11) is 0. The van der Waals surface area contributed by atoms with Crippen molar-refractivity contribution in [3.05, 3.63) is 65.2 Å². The van der Waals surface area contributed by atoms with Crippen molar-refractivity contribution in [2.24, 2.45) is 0 Å². The summed E-state index contributed by atoms with van der Waals surface area (Å²) >= 11 is 0. The Morgan fingerprint density at radius 2 is 1.97 bits per heavy atom. The molecule has 1 saturated heterocycles. The fraction of sp³-hybridized carbons (Fsp3) is 0.440. The van der Waals surface area contributed by atoms with E-state index in [2.05, 4.69) is 6.92 Å². The minimum Gasteiger partial charge on any atom is -0.478 e. The number of carbonyl (C=O) groups is 2. The van der Waals surface area contributed by atoms with Crippen LogP contribution in [0.5, 0.6) is 0 Å². The van der Waals surface area contributed by atoms with Gasteiger partial charge in [0.15, 0.2) is 0 Å². The number of ether oxygens (including phenoxy) is 1. The van der Waals surface area contributed by atoms with Crippen molar-refractivity contribution in [1.29, 1.82) is 0 Å². The topological polar surface area (TPSA) is 87.1 Å². The number of aromatic carboxylic acids is 1. The number of anilines is 1. The average molecular weight is 426 g/mol. The normalized spacial score (nSPS) is 17.2. The first kappa shape index (κ1) is 23.0. The maximum atomic E-state index is 12.5. The second kappa shape index (κ2) is 11.1. The number of aliphatic hydroxyl groups excluding tert-OH is 1. The Hall–Kier alpha value is -2.70. The summed E-state index contributed by atoms with van der Waals surface area (Å²) in [6.45, 7) is 2.81. The molecule has 2 aromatic carbocycles. The number of amides is 1. The van der Waals surface area contributed by atoms with Crippen molar-refractivity contribution in [3.63, 3.8) is 0 Å². The summed E-state index contributed by atoms with van der Waals surface area (Å²) in [6, 6.07) is 14.2. The maximum absolute atomic E-state index is 12.5. The summed E-state index contributed by atoms with van der Waals surface area (Å²) in [6.07, 6.45) is 4.69. The number of nitrogens with zero attached hydrogens (tertiary/aromatic N) is 1. The zero-order valence-corrected chi connectivity index (χ0v) is 18.0. The van der Waals surface area contributed by atoms with Crippen LogP contribution in [0.4, 0.5) is 5.69 Å². The third-order valence-electron chi connectivity index (χ3n) is 5.72. The molecule has 166 valence electrons. The summed E-state index contributed by atoms with van der Waals surface area (Å²) in [5, 5.41) is 19.5. The van der Waals surface area contributed by atoms with E-state index in [1.54, 1.807) is 23.1 Å². The third-order valence-corrected chi connectivity index (χ3v) is 5.72. The van der Waals surface area contributed by atoms with Gasteiger partial charge in [0.25, 0.3) is 0 Å². The van der Waals surface area contributed by atoms with E-state index in [4.69, 9.17) is 9.84 Å². The Morgan fingerprint density at radius 1 is 1.19 bits per heavy atom. The van der Waals surface area contributed by atoms with Crippen LogP contribution in [-0.2, 0) is 16.1 Å². The Balaban J connectivity index is 1.58. The molecule has 0 bridgehead atoms. The number of aliphatic hydroxyl groups is 1. The summed E-state index contributed by atoms with van der Waals surface area (Å²) in [5.74, 6) is -0.897. The van der Waals surface area contributed by atoms with Gasteiger partial charge >= 0.3 is 5.97 Å². The molecule has 0 saturated carbocycles. The largest absolute Gasteiger partial charge is 0.478 e. The van der Waals surface area contributed by atoms with E-state index in [9.17, 15) is 14.7 Å². The Bertz CT molecular complexity index is 880. The molecule has 2 N–H and O–H groups in total. The minimum atomic E-state index is -0.964. The van der Waals surface area contributed by atoms with Crippen molar-refractivity contribution in [1.82, 2.24) is 0 Å². The van der Waals surface area contributed by atoms with Crippen LogP contribution in [0.3, 0.4) is 0 Å². The van der Waals surface area contributed by atoms with Crippen molar-refractivity contribution in [2.75, 3.05) is 11.5 Å². The lowest BCUT2D eigenvalue weighted by Gasteiger charge is -2.25. The molecule has 0 aromatic heterocycles. The van der Waals surface area contributed by atoms with Crippen LogP contribution < -0.4 is 4.90 Å². The highest BCUT2D eigenvalue weighted by atomic mass is 16.5. The van der Waals surface area contributed by atoms with E-state index in [1.807, 2.05) is 30.3 Å². The minimum absolute atomic E-state index is 0.0597. The van der Waals surface area contributed by atoms with Crippen molar-refractivity contribution in [3.8, 4) is 0 Å². The molecule has 2 aromatic rings. The van der Waals surface area contributed by atoms with Crippen LogP contribution in [0.1, 0.15) is 73.0 Å². The Kier molecular flexibility index (Phi) is 8.20. The van der Waals surface area contributed by atoms with Crippen molar-refractivity contribution < 1.29 is 24.5 Å². The van der Waals surface area contributed by atoms with Gasteiger partial charge in [0.05, 0.1) is 30.9 Å². The fourth-order valence-corrected chi connectivity index (χ4v) is 3.97. The molecule has 1 aliphatic rings. The molecule has 1 heterocycles. The van der Waals surface area contributed by atoms with Crippen LogP contribution >= 0.6 is 0 Å². The lowest BCUT2D eigenvalue weighted by atomic mass is 10.0. The molecule has 0 aliphatic carbocycles. The standard InChI is InChI=1S/C25H31NO5/c1-2-3-4-8-23(27)19-9-11-21(12-10-19)26-22(13-14-24(26)28)17-31-16-18-6-5-7-20(15-18)25(29)30/h5-7,9-12,15,22-23,27H,2-4,8,13-14,16-17H2,1H3,(H,29,30)/t22?,23-/m1/s1. The molecule has 1 fully saturated rings. The van der Waals surface area contributed by atoms with Crippen molar-refractivity contribution in [2.45, 2.75) is 64.2 Å².